The van der Waals surface area contributed by atoms with Crippen LogP contribution in [-0.4, -0.2) is 63.1 Å². The molecule has 1 aliphatic rings. The number of hydrogen-bond acceptors (Lipinski definition) is 9. The Bertz CT molecular complexity index is 1080. The molecule has 1 saturated heterocycles. The average molecular weight is 515 g/mol. The predicted molar refractivity (Wildman–Crippen MR) is 147 cm³/mol. The van der Waals surface area contributed by atoms with Gasteiger partial charge in [0.15, 0.2) is 0 Å². The van der Waals surface area contributed by atoms with E-state index in [4.69, 9.17) is 19.7 Å². The zero-order valence-electron chi connectivity index (χ0n) is 21.6. The average Bonchev–Trinajstić information content (AvgIpc) is 3.40. The third-order valence-corrected chi connectivity index (χ3v) is 5.19. The van der Waals surface area contributed by atoms with E-state index in [9.17, 15) is 9.59 Å². The number of hydrogen-bond donors (Lipinski definition) is 6. The molecule has 0 spiro atoms. The molecule has 1 aliphatic heterocycles. The third-order valence-electron chi connectivity index (χ3n) is 5.19. The molecule has 10 nitrogen and oxygen atoms in total. The second-order valence-corrected chi connectivity index (χ2v) is 8.05. The zero-order chi connectivity index (χ0) is 27.5. The van der Waals surface area contributed by atoms with Gasteiger partial charge in [0.05, 0.1) is 13.2 Å². The highest BCUT2D eigenvalue weighted by Gasteiger charge is 2.19. The van der Waals surface area contributed by atoms with Crippen LogP contribution in [0.3, 0.4) is 0 Å². The van der Waals surface area contributed by atoms with Crippen LogP contribution in [0.2, 0.25) is 0 Å². The molecule has 202 valence electrons. The minimum Gasteiger partial charge on any atom is -0.497 e. The fourth-order valence-corrected chi connectivity index (χ4v) is 3.14. The van der Waals surface area contributed by atoms with E-state index in [2.05, 4.69) is 28.2 Å². The minimum absolute atomic E-state index is 0.0648. The van der Waals surface area contributed by atoms with E-state index in [0.717, 1.165) is 37.4 Å². The summed E-state index contributed by atoms with van der Waals surface area (Å²) in [5.74, 6) is 0.917. The summed E-state index contributed by atoms with van der Waals surface area (Å²) in [5.41, 5.74) is 2.24. The lowest BCUT2D eigenvalue weighted by Gasteiger charge is -2.14. The molecular weight excluding hydrogens is 476 g/mol. The first kappa shape index (κ1) is 31.3. The van der Waals surface area contributed by atoms with Crippen molar-refractivity contribution in [2.45, 2.75) is 26.0 Å². The van der Waals surface area contributed by atoms with E-state index in [1.54, 1.807) is 7.11 Å². The van der Waals surface area contributed by atoms with Gasteiger partial charge in [-0.25, -0.2) is 0 Å². The lowest BCUT2D eigenvalue weighted by atomic mass is 10.1. The summed E-state index contributed by atoms with van der Waals surface area (Å²) in [5, 5.41) is 27.5. The van der Waals surface area contributed by atoms with Gasteiger partial charge < -0.3 is 36.2 Å². The molecule has 0 bridgehead atoms. The largest absolute Gasteiger partial charge is 0.497 e. The van der Waals surface area contributed by atoms with Crippen LogP contribution in [0.1, 0.15) is 17.5 Å². The number of rotatable bonds is 8. The number of aryl methyl sites for hydroxylation is 1. The van der Waals surface area contributed by atoms with Crippen LogP contribution in [0.25, 0.3) is 0 Å². The summed E-state index contributed by atoms with van der Waals surface area (Å²) in [6.45, 7) is 5.46. The Hall–Kier alpha value is -3.73. The number of anilines is 2. The number of likely N-dealkylation sites (N-methyl/N-ethyl adjacent to an activating group) is 1. The van der Waals surface area contributed by atoms with Crippen molar-refractivity contribution in [1.82, 2.24) is 10.6 Å². The molecular formula is C27H38N4O6. The number of aliphatic hydroxyl groups is 1. The molecule has 37 heavy (non-hydrogen) atoms. The number of nitrogens with one attached hydrogen (secondary N) is 4. The topological polar surface area (TPSA) is 149 Å². The normalized spacial score (nSPS) is 13.6. The Kier molecular flexibility index (Phi) is 15.7. The van der Waals surface area contributed by atoms with Gasteiger partial charge >= 0.3 is 0 Å². The Balaban J connectivity index is 0.000000312. The van der Waals surface area contributed by atoms with Crippen molar-refractivity contribution in [2.75, 3.05) is 51.0 Å². The van der Waals surface area contributed by atoms with Gasteiger partial charge in [-0.05, 0) is 44.6 Å². The highest BCUT2D eigenvalue weighted by Crippen LogP contribution is 2.15. The fraction of sp³-hybridized carbons (Fsp3) is 0.370. The second-order valence-electron chi connectivity index (χ2n) is 8.05. The summed E-state index contributed by atoms with van der Waals surface area (Å²) in [6, 6.07) is 17.7. The summed E-state index contributed by atoms with van der Waals surface area (Å²) in [4.78, 5) is 31.3. The maximum absolute atomic E-state index is 11.5. The molecule has 0 aliphatic carbocycles. The van der Waals surface area contributed by atoms with Crippen LogP contribution >= 0.6 is 0 Å². The Morgan fingerprint density at radius 1 is 1.00 bits per heavy atom. The molecule has 0 amide bonds. The van der Waals surface area contributed by atoms with E-state index in [-0.39, 0.29) is 12.6 Å². The van der Waals surface area contributed by atoms with E-state index in [0.29, 0.717) is 24.5 Å². The number of benzene rings is 2. The van der Waals surface area contributed by atoms with Crippen molar-refractivity contribution in [3.05, 3.63) is 86.2 Å². The van der Waals surface area contributed by atoms with Gasteiger partial charge in [0, 0.05) is 26.2 Å². The first-order valence-corrected chi connectivity index (χ1v) is 11.9. The van der Waals surface area contributed by atoms with Gasteiger partial charge in [0.25, 0.3) is 17.3 Å². The van der Waals surface area contributed by atoms with Crippen molar-refractivity contribution in [3.63, 3.8) is 0 Å². The number of methoxy groups -OCH3 is 1. The molecule has 6 N–H and O–H groups in total. The quantitative estimate of drug-likeness (QED) is 0.149. The lowest BCUT2D eigenvalue weighted by molar-refractivity contribution is -0.122. The minimum atomic E-state index is -0.442. The smallest absolute Gasteiger partial charge is 0.290 e. The molecule has 1 atom stereocenters. The van der Waals surface area contributed by atoms with E-state index < -0.39 is 10.9 Å². The predicted octanol–water partition coefficient (Wildman–Crippen LogP) is 1.57. The summed E-state index contributed by atoms with van der Waals surface area (Å²) < 4.78 is 4.97. The van der Waals surface area contributed by atoms with Crippen molar-refractivity contribution in [2.24, 2.45) is 0 Å². The zero-order valence-corrected chi connectivity index (χ0v) is 21.6. The van der Waals surface area contributed by atoms with Gasteiger partial charge in [-0.15, -0.1) is 0 Å². The molecule has 4 rings (SSSR count). The van der Waals surface area contributed by atoms with Gasteiger partial charge in [0.1, 0.15) is 17.1 Å². The molecule has 0 radical (unpaired) electrons. The van der Waals surface area contributed by atoms with Crippen LogP contribution in [0, 0.1) is 6.92 Å². The highest BCUT2D eigenvalue weighted by molar-refractivity contribution is 5.73. The van der Waals surface area contributed by atoms with Crippen LogP contribution in [0.4, 0.5) is 11.4 Å². The number of aliphatic hydroxyl groups excluding tert-OH is 1. The van der Waals surface area contributed by atoms with Crippen LogP contribution in [-0.2, 0) is 11.3 Å². The van der Waals surface area contributed by atoms with Gasteiger partial charge in [-0.2, -0.15) is 0 Å². The molecule has 0 aromatic heterocycles. The molecule has 1 unspecified atom stereocenters. The van der Waals surface area contributed by atoms with Gasteiger partial charge in [0.2, 0.25) is 0 Å². The van der Waals surface area contributed by atoms with E-state index >= 15 is 0 Å². The Labute approximate surface area is 217 Å². The molecule has 0 saturated carbocycles. The maximum atomic E-state index is 11.5. The van der Waals surface area contributed by atoms with Crippen LogP contribution in [0.5, 0.6) is 5.75 Å². The first-order chi connectivity index (χ1) is 17.9. The Morgan fingerprint density at radius 3 is 2.05 bits per heavy atom. The first-order valence-electron chi connectivity index (χ1n) is 11.9. The molecule has 1 fully saturated rings. The Morgan fingerprint density at radius 2 is 1.59 bits per heavy atom. The summed E-state index contributed by atoms with van der Waals surface area (Å²) >= 11 is 0. The van der Waals surface area contributed by atoms with E-state index in [1.165, 1.54) is 5.56 Å². The van der Waals surface area contributed by atoms with Crippen molar-refractivity contribution in [1.29, 1.82) is 0 Å². The van der Waals surface area contributed by atoms with Crippen molar-refractivity contribution < 1.29 is 19.7 Å². The number of ether oxygens (including phenoxy) is 1. The van der Waals surface area contributed by atoms with E-state index in [1.807, 2.05) is 61.6 Å². The summed E-state index contributed by atoms with van der Waals surface area (Å²) in [7, 11) is 3.50. The molecule has 10 heteroatoms. The second kappa shape index (κ2) is 18.5. The SMILES string of the molecule is CNCCNc1c(NCc2ccccc2)c(=O)c1=O.COc1ccc(C)cc1.O=CO.OC1CCNC1. The maximum Gasteiger partial charge on any atom is 0.290 e. The van der Waals surface area contributed by atoms with Crippen molar-refractivity contribution >= 4 is 17.8 Å². The molecule has 3 aromatic carbocycles. The standard InChI is InChI=1S/C14H17N3O2.C8H10O.C4H9NO.CH2O2/c1-15-7-8-16-11-12(14(19)13(11)18)17-9-10-5-3-2-4-6-10;1-7-3-5-8(9-2)6-4-7;6-4-1-2-5-3-4;2-1-3/h2-6,15-17H,7-9H2,1H3;3-6H,1-2H3;4-6H,1-3H2;1H,(H,2,3). The molecule has 1 heterocycles. The van der Waals surface area contributed by atoms with Crippen LogP contribution < -0.4 is 36.9 Å². The number of β-amino-alcohol motifs (C(OH)–C–C–N with tert-alkyl or cyclic N) is 1. The fourth-order valence-electron chi connectivity index (χ4n) is 3.14. The number of carboxylic acid groups (broad SMARTS) is 1. The third kappa shape index (κ3) is 12.2. The summed E-state index contributed by atoms with van der Waals surface area (Å²) in [6.07, 6.45) is 0.866. The van der Waals surface area contributed by atoms with Crippen molar-refractivity contribution in [3.8, 4) is 5.75 Å². The number of carbonyl (C=O) groups is 1. The lowest BCUT2D eigenvalue weighted by Crippen LogP contribution is -2.38. The van der Waals surface area contributed by atoms with Gasteiger partial charge in [-0.3, -0.25) is 14.4 Å². The van der Waals surface area contributed by atoms with Crippen LogP contribution in [0.15, 0.2) is 64.2 Å². The molecule has 3 aromatic rings. The highest BCUT2D eigenvalue weighted by atomic mass is 16.5. The van der Waals surface area contributed by atoms with Gasteiger partial charge in [-0.1, -0.05) is 48.0 Å². The monoisotopic (exact) mass is 514 g/mol.